The highest BCUT2D eigenvalue weighted by Gasteiger charge is 2.16. The predicted octanol–water partition coefficient (Wildman–Crippen LogP) is 0.800. The van der Waals surface area contributed by atoms with E-state index >= 15 is 0 Å². The number of methoxy groups -OCH3 is 1. The summed E-state index contributed by atoms with van der Waals surface area (Å²) in [6.07, 6.45) is 0. The molecule has 19 heavy (non-hydrogen) atoms. The molecule has 0 fully saturated rings. The number of rotatable bonds is 6. The molecule has 2 unspecified atom stereocenters. The molecule has 0 amide bonds. The van der Waals surface area contributed by atoms with Crippen molar-refractivity contribution in [2.75, 3.05) is 39.7 Å². The molecule has 0 aliphatic carbocycles. The largest absolute Gasteiger partial charge is 0.486 e. The van der Waals surface area contributed by atoms with Crippen molar-refractivity contribution in [3.63, 3.8) is 0 Å². The van der Waals surface area contributed by atoms with E-state index in [4.69, 9.17) is 14.2 Å². The SMILES string of the molecule is CNC(COC)CS(=O)c1ccc2c(c1)OCCO2. The Morgan fingerprint density at radius 1 is 1.37 bits per heavy atom. The second-order valence-corrected chi connectivity index (χ2v) is 5.75. The highest BCUT2D eigenvalue weighted by Crippen LogP contribution is 2.31. The second-order valence-electron chi connectivity index (χ2n) is 4.26. The van der Waals surface area contributed by atoms with E-state index in [2.05, 4.69) is 5.32 Å². The molecule has 2 atom stereocenters. The smallest absolute Gasteiger partial charge is 0.162 e. The highest BCUT2D eigenvalue weighted by molar-refractivity contribution is 7.85. The van der Waals surface area contributed by atoms with Crippen LogP contribution in [0.15, 0.2) is 23.1 Å². The zero-order chi connectivity index (χ0) is 13.7. The number of fused-ring (bicyclic) bond motifs is 1. The van der Waals surface area contributed by atoms with Gasteiger partial charge in [-0.2, -0.15) is 0 Å². The Bertz CT molecular complexity index is 452. The number of ether oxygens (including phenoxy) is 3. The highest BCUT2D eigenvalue weighted by atomic mass is 32.2. The van der Waals surface area contributed by atoms with Gasteiger partial charge in [-0.1, -0.05) is 0 Å². The zero-order valence-electron chi connectivity index (χ0n) is 11.2. The summed E-state index contributed by atoms with van der Waals surface area (Å²) >= 11 is 0. The molecular formula is C13H19NO4S. The van der Waals surface area contributed by atoms with Crippen molar-refractivity contribution < 1.29 is 18.4 Å². The van der Waals surface area contributed by atoms with E-state index in [1.807, 2.05) is 19.2 Å². The van der Waals surface area contributed by atoms with E-state index in [0.29, 0.717) is 37.1 Å². The lowest BCUT2D eigenvalue weighted by Gasteiger charge is -2.19. The van der Waals surface area contributed by atoms with Crippen LogP contribution in [0.2, 0.25) is 0 Å². The lowest BCUT2D eigenvalue weighted by molar-refractivity contribution is 0.171. The molecule has 0 spiro atoms. The van der Waals surface area contributed by atoms with E-state index in [9.17, 15) is 4.21 Å². The number of hydrogen-bond acceptors (Lipinski definition) is 5. The standard InChI is InChI=1S/C13H19NO4S/c1-14-10(8-16-2)9-19(15)11-3-4-12-13(7-11)18-6-5-17-12/h3-4,7,10,14H,5-6,8-9H2,1-2H3. The third kappa shape index (κ3) is 3.68. The zero-order valence-corrected chi connectivity index (χ0v) is 12.0. The quantitative estimate of drug-likeness (QED) is 0.838. The Hall–Kier alpha value is -1.11. The molecule has 1 heterocycles. The molecule has 1 N–H and O–H groups in total. The molecule has 0 saturated heterocycles. The number of likely N-dealkylation sites (N-methyl/N-ethyl adjacent to an activating group) is 1. The Balaban J connectivity index is 2.06. The first-order chi connectivity index (χ1) is 9.24. The van der Waals surface area contributed by atoms with Gasteiger partial charge in [-0.05, 0) is 19.2 Å². The molecular weight excluding hydrogens is 266 g/mol. The van der Waals surface area contributed by atoms with Gasteiger partial charge in [0.15, 0.2) is 11.5 Å². The van der Waals surface area contributed by atoms with E-state index < -0.39 is 10.8 Å². The van der Waals surface area contributed by atoms with E-state index in [-0.39, 0.29) is 6.04 Å². The lowest BCUT2D eigenvalue weighted by Crippen LogP contribution is -2.35. The second kappa shape index (κ2) is 6.88. The molecule has 1 aromatic rings. The normalized spacial score (nSPS) is 16.9. The van der Waals surface area contributed by atoms with Crippen molar-refractivity contribution in [3.05, 3.63) is 18.2 Å². The van der Waals surface area contributed by atoms with Crippen LogP contribution in [-0.4, -0.2) is 50.0 Å². The average Bonchev–Trinajstić information content (AvgIpc) is 2.46. The van der Waals surface area contributed by atoms with Crippen LogP contribution in [0.3, 0.4) is 0 Å². The maximum atomic E-state index is 12.3. The Morgan fingerprint density at radius 3 is 2.79 bits per heavy atom. The molecule has 0 aromatic heterocycles. The van der Waals surface area contributed by atoms with Gasteiger partial charge >= 0.3 is 0 Å². The molecule has 1 aromatic carbocycles. The number of nitrogens with one attached hydrogen (secondary N) is 1. The first kappa shape index (κ1) is 14.3. The molecule has 106 valence electrons. The summed E-state index contributed by atoms with van der Waals surface area (Å²) < 4.78 is 28.3. The summed E-state index contributed by atoms with van der Waals surface area (Å²) in [6.45, 7) is 1.63. The molecule has 1 aliphatic heterocycles. The Kier molecular flexibility index (Phi) is 5.18. The van der Waals surface area contributed by atoms with Gasteiger partial charge in [0.1, 0.15) is 13.2 Å². The minimum Gasteiger partial charge on any atom is -0.486 e. The summed E-state index contributed by atoms with van der Waals surface area (Å²) in [5.41, 5.74) is 0. The van der Waals surface area contributed by atoms with E-state index in [1.165, 1.54) is 0 Å². The fraction of sp³-hybridized carbons (Fsp3) is 0.538. The molecule has 0 radical (unpaired) electrons. The Labute approximate surface area is 115 Å². The van der Waals surface area contributed by atoms with Crippen LogP contribution < -0.4 is 14.8 Å². The van der Waals surface area contributed by atoms with Crippen molar-refractivity contribution in [3.8, 4) is 11.5 Å². The van der Waals surface area contributed by atoms with Crippen LogP contribution in [0.4, 0.5) is 0 Å². The first-order valence-corrected chi connectivity index (χ1v) is 7.50. The third-order valence-electron chi connectivity index (χ3n) is 2.91. The van der Waals surface area contributed by atoms with Crippen molar-refractivity contribution in [1.82, 2.24) is 5.32 Å². The molecule has 6 heteroatoms. The van der Waals surface area contributed by atoms with Crippen LogP contribution in [0.5, 0.6) is 11.5 Å². The van der Waals surface area contributed by atoms with Gasteiger partial charge < -0.3 is 19.5 Å². The lowest BCUT2D eigenvalue weighted by atomic mass is 10.3. The van der Waals surface area contributed by atoms with Crippen molar-refractivity contribution in [2.45, 2.75) is 10.9 Å². The molecule has 2 rings (SSSR count). The summed E-state index contributed by atoms with van der Waals surface area (Å²) in [4.78, 5) is 0.751. The summed E-state index contributed by atoms with van der Waals surface area (Å²) in [6, 6.07) is 5.50. The van der Waals surface area contributed by atoms with Crippen LogP contribution in [0.25, 0.3) is 0 Å². The summed E-state index contributed by atoms with van der Waals surface area (Å²) in [5.74, 6) is 1.89. The third-order valence-corrected chi connectivity index (χ3v) is 4.39. The number of hydrogen-bond donors (Lipinski definition) is 1. The van der Waals surface area contributed by atoms with Crippen molar-refractivity contribution in [2.24, 2.45) is 0 Å². The minimum absolute atomic E-state index is 0.0686. The van der Waals surface area contributed by atoms with Crippen LogP contribution in [-0.2, 0) is 15.5 Å². The first-order valence-electron chi connectivity index (χ1n) is 6.19. The molecule has 1 aliphatic rings. The molecule has 0 bridgehead atoms. The fourth-order valence-corrected chi connectivity index (χ4v) is 3.14. The van der Waals surface area contributed by atoms with E-state index in [0.717, 1.165) is 4.90 Å². The van der Waals surface area contributed by atoms with E-state index in [1.54, 1.807) is 13.2 Å². The molecule has 5 nitrogen and oxygen atoms in total. The maximum Gasteiger partial charge on any atom is 0.162 e. The molecule has 0 saturated carbocycles. The minimum atomic E-state index is -1.09. The van der Waals surface area contributed by atoms with Gasteiger partial charge in [-0.25, -0.2) is 0 Å². The maximum absolute atomic E-state index is 12.3. The monoisotopic (exact) mass is 285 g/mol. The van der Waals surface area contributed by atoms with Crippen molar-refractivity contribution in [1.29, 1.82) is 0 Å². The average molecular weight is 285 g/mol. The summed E-state index contributed by atoms with van der Waals surface area (Å²) in [7, 11) is 2.38. The van der Waals surface area contributed by atoms with Gasteiger partial charge in [0, 0.05) is 29.9 Å². The van der Waals surface area contributed by atoms with Crippen molar-refractivity contribution >= 4 is 10.8 Å². The fourth-order valence-electron chi connectivity index (χ4n) is 1.86. The Morgan fingerprint density at radius 2 is 2.11 bits per heavy atom. The van der Waals surface area contributed by atoms with Gasteiger partial charge in [0.2, 0.25) is 0 Å². The predicted molar refractivity (Wildman–Crippen MR) is 73.4 cm³/mol. The van der Waals surface area contributed by atoms with Gasteiger partial charge in [0.25, 0.3) is 0 Å². The van der Waals surface area contributed by atoms with Gasteiger partial charge in [-0.3, -0.25) is 4.21 Å². The van der Waals surface area contributed by atoms with Gasteiger partial charge in [0.05, 0.1) is 17.4 Å². The topological polar surface area (TPSA) is 56.8 Å². The van der Waals surface area contributed by atoms with Crippen LogP contribution in [0, 0.1) is 0 Å². The number of benzene rings is 1. The van der Waals surface area contributed by atoms with Crippen LogP contribution in [0.1, 0.15) is 0 Å². The van der Waals surface area contributed by atoms with Crippen LogP contribution >= 0.6 is 0 Å². The summed E-state index contributed by atoms with van der Waals surface area (Å²) in [5, 5.41) is 3.09. The van der Waals surface area contributed by atoms with Gasteiger partial charge in [-0.15, -0.1) is 0 Å².